The monoisotopic (exact) mass is 315 g/mol. The summed E-state index contributed by atoms with van der Waals surface area (Å²) in [6.07, 6.45) is 8.93. The predicted molar refractivity (Wildman–Crippen MR) is 84.4 cm³/mol. The van der Waals surface area contributed by atoms with Gasteiger partial charge in [-0.15, -0.1) is 0 Å². The van der Waals surface area contributed by atoms with Crippen LogP contribution in [0.2, 0.25) is 0 Å². The molecule has 0 spiro atoms. The number of rotatable bonds is 5. The molecule has 0 saturated carbocycles. The molecule has 1 N–H and O–H groups in total. The first-order valence-electron chi connectivity index (χ1n) is 8.00. The van der Waals surface area contributed by atoms with E-state index in [1.54, 1.807) is 23.5 Å². The number of fused-ring (bicyclic) bond motifs is 1. The highest BCUT2D eigenvalue weighted by Crippen LogP contribution is 2.18. The van der Waals surface area contributed by atoms with Crippen molar-refractivity contribution in [3.8, 4) is 0 Å². The molecule has 1 aliphatic heterocycles. The molecule has 1 fully saturated rings. The molecule has 1 unspecified atom stereocenters. The molecule has 1 aliphatic rings. The number of nitrogens with one attached hydrogen (secondary N) is 1. The summed E-state index contributed by atoms with van der Waals surface area (Å²) in [5.41, 5.74) is 1.67. The third-order valence-electron chi connectivity index (χ3n) is 4.20. The van der Waals surface area contributed by atoms with E-state index in [1.165, 1.54) is 0 Å². The summed E-state index contributed by atoms with van der Waals surface area (Å²) >= 11 is 0. The van der Waals surface area contributed by atoms with E-state index >= 15 is 0 Å². The summed E-state index contributed by atoms with van der Waals surface area (Å²) in [5, 5.41) is 2.97. The maximum atomic E-state index is 12.4. The molecule has 23 heavy (non-hydrogen) atoms. The third-order valence-corrected chi connectivity index (χ3v) is 4.20. The van der Waals surface area contributed by atoms with Gasteiger partial charge >= 0.3 is 0 Å². The van der Waals surface area contributed by atoms with Crippen molar-refractivity contribution in [2.45, 2.75) is 32.7 Å². The molecule has 0 bridgehead atoms. The number of carbonyl (C=O) groups is 2. The minimum atomic E-state index is -0.125. The van der Waals surface area contributed by atoms with Crippen molar-refractivity contribution in [3.63, 3.8) is 0 Å². The fraction of sp³-hybridized carbons (Fsp3) is 0.500. The Bertz CT molecular complexity index is 711. The van der Waals surface area contributed by atoms with Crippen molar-refractivity contribution in [2.75, 3.05) is 13.1 Å². The number of nitrogens with zero attached hydrogens (tertiary/aromatic N) is 4. The van der Waals surface area contributed by atoms with Gasteiger partial charge in [0.2, 0.25) is 11.8 Å². The smallest absolute Gasteiger partial charge is 0.225 e. The van der Waals surface area contributed by atoms with E-state index < -0.39 is 0 Å². The first-order valence-corrected chi connectivity index (χ1v) is 8.00. The number of aromatic nitrogens is 3. The zero-order valence-electron chi connectivity index (χ0n) is 13.2. The van der Waals surface area contributed by atoms with Crippen LogP contribution in [0.4, 0.5) is 0 Å². The number of amides is 2. The molecule has 0 radical (unpaired) electrons. The van der Waals surface area contributed by atoms with Crippen LogP contribution in [-0.2, 0) is 16.1 Å². The lowest BCUT2D eigenvalue weighted by atomic mass is 9.96. The van der Waals surface area contributed by atoms with Gasteiger partial charge < -0.3 is 10.2 Å². The molecular formula is C16H21N5O2. The molecule has 3 rings (SSSR count). The van der Waals surface area contributed by atoms with Crippen molar-refractivity contribution in [1.82, 2.24) is 24.6 Å². The van der Waals surface area contributed by atoms with Gasteiger partial charge in [0.05, 0.1) is 30.6 Å². The number of imidazole rings is 1. The quantitative estimate of drug-likeness (QED) is 0.892. The van der Waals surface area contributed by atoms with Gasteiger partial charge in [-0.2, -0.15) is 0 Å². The molecule has 0 aromatic carbocycles. The van der Waals surface area contributed by atoms with Crippen molar-refractivity contribution < 1.29 is 9.59 Å². The van der Waals surface area contributed by atoms with E-state index in [0.717, 1.165) is 24.3 Å². The van der Waals surface area contributed by atoms with Gasteiger partial charge in [0, 0.05) is 31.9 Å². The Labute approximate surface area is 134 Å². The molecule has 2 aromatic heterocycles. The standard InChI is InChI=1S/C16H21N5O2/c1-2-6-20-11-12(3-4-15(20)22)16(23)19-9-13-8-18-14-10-17-5-7-21(13)14/h5,7-8,10,12H,2-4,6,9,11H2,1H3,(H,19,23). The molecular weight excluding hydrogens is 294 g/mol. The largest absolute Gasteiger partial charge is 0.350 e. The van der Waals surface area contributed by atoms with Crippen LogP contribution in [-0.4, -0.2) is 44.2 Å². The second-order valence-corrected chi connectivity index (χ2v) is 5.85. The summed E-state index contributed by atoms with van der Waals surface area (Å²) < 4.78 is 1.90. The number of hydrogen-bond donors (Lipinski definition) is 1. The van der Waals surface area contributed by atoms with Crippen LogP contribution in [0, 0.1) is 5.92 Å². The van der Waals surface area contributed by atoms with E-state index in [1.807, 2.05) is 17.5 Å². The Kier molecular flexibility index (Phi) is 4.55. The molecule has 1 saturated heterocycles. The average Bonchev–Trinajstić information content (AvgIpc) is 2.98. The fourth-order valence-corrected chi connectivity index (χ4v) is 2.96. The van der Waals surface area contributed by atoms with Crippen LogP contribution in [0.25, 0.3) is 5.65 Å². The van der Waals surface area contributed by atoms with Gasteiger partial charge in [0.1, 0.15) is 0 Å². The third kappa shape index (κ3) is 3.33. The van der Waals surface area contributed by atoms with Gasteiger partial charge in [-0.25, -0.2) is 4.98 Å². The molecule has 2 amide bonds. The summed E-state index contributed by atoms with van der Waals surface area (Å²) in [6.45, 7) is 3.71. The molecule has 2 aromatic rings. The Balaban J connectivity index is 1.60. The second kappa shape index (κ2) is 6.76. The van der Waals surface area contributed by atoms with Gasteiger partial charge in [0.15, 0.2) is 5.65 Å². The zero-order valence-corrected chi connectivity index (χ0v) is 13.2. The SMILES string of the molecule is CCCN1CC(C(=O)NCc2cnc3cnccn23)CCC1=O. The fourth-order valence-electron chi connectivity index (χ4n) is 2.96. The van der Waals surface area contributed by atoms with E-state index in [-0.39, 0.29) is 17.7 Å². The van der Waals surface area contributed by atoms with Gasteiger partial charge in [-0.1, -0.05) is 6.92 Å². The highest BCUT2D eigenvalue weighted by Gasteiger charge is 2.29. The summed E-state index contributed by atoms with van der Waals surface area (Å²) in [6, 6.07) is 0. The summed E-state index contributed by atoms with van der Waals surface area (Å²) in [4.78, 5) is 34.3. The van der Waals surface area contributed by atoms with Crippen LogP contribution in [0.3, 0.4) is 0 Å². The van der Waals surface area contributed by atoms with Gasteiger partial charge in [-0.05, 0) is 12.8 Å². The normalized spacial score (nSPS) is 18.4. The molecule has 122 valence electrons. The Morgan fingerprint density at radius 2 is 2.30 bits per heavy atom. The second-order valence-electron chi connectivity index (χ2n) is 5.85. The minimum absolute atomic E-state index is 0.00242. The van der Waals surface area contributed by atoms with Gasteiger partial charge in [-0.3, -0.25) is 19.0 Å². The minimum Gasteiger partial charge on any atom is -0.350 e. The maximum Gasteiger partial charge on any atom is 0.225 e. The van der Waals surface area contributed by atoms with E-state index in [2.05, 4.69) is 15.3 Å². The number of piperidine rings is 1. The number of hydrogen-bond acceptors (Lipinski definition) is 4. The lowest BCUT2D eigenvalue weighted by Gasteiger charge is -2.31. The number of carbonyl (C=O) groups excluding carboxylic acids is 2. The Morgan fingerprint density at radius 3 is 3.13 bits per heavy atom. The van der Waals surface area contributed by atoms with Gasteiger partial charge in [0.25, 0.3) is 0 Å². The highest BCUT2D eigenvalue weighted by atomic mass is 16.2. The van der Waals surface area contributed by atoms with Crippen molar-refractivity contribution in [3.05, 3.63) is 30.5 Å². The molecule has 3 heterocycles. The van der Waals surface area contributed by atoms with E-state index in [9.17, 15) is 9.59 Å². The van der Waals surface area contributed by atoms with Crippen LogP contribution in [0.1, 0.15) is 31.9 Å². The molecule has 0 aliphatic carbocycles. The van der Waals surface area contributed by atoms with Crippen LogP contribution in [0.15, 0.2) is 24.8 Å². The van der Waals surface area contributed by atoms with Crippen molar-refractivity contribution in [2.24, 2.45) is 5.92 Å². The van der Waals surface area contributed by atoms with Crippen LogP contribution in [0.5, 0.6) is 0 Å². The van der Waals surface area contributed by atoms with E-state index in [0.29, 0.717) is 25.9 Å². The van der Waals surface area contributed by atoms with Crippen LogP contribution >= 0.6 is 0 Å². The average molecular weight is 315 g/mol. The lowest BCUT2D eigenvalue weighted by molar-refractivity contribution is -0.138. The maximum absolute atomic E-state index is 12.4. The first kappa shape index (κ1) is 15.5. The summed E-state index contributed by atoms with van der Waals surface area (Å²) in [7, 11) is 0. The molecule has 7 heteroatoms. The highest BCUT2D eigenvalue weighted by molar-refractivity contribution is 5.83. The topological polar surface area (TPSA) is 79.6 Å². The van der Waals surface area contributed by atoms with E-state index in [4.69, 9.17) is 0 Å². The molecule has 1 atom stereocenters. The Hall–Kier alpha value is -2.44. The number of likely N-dealkylation sites (tertiary alicyclic amines) is 1. The first-order chi connectivity index (χ1) is 11.2. The Morgan fingerprint density at radius 1 is 1.43 bits per heavy atom. The predicted octanol–water partition coefficient (Wildman–Crippen LogP) is 0.994. The van der Waals surface area contributed by atoms with Crippen molar-refractivity contribution >= 4 is 17.5 Å². The molecule has 7 nitrogen and oxygen atoms in total. The summed E-state index contributed by atoms with van der Waals surface area (Å²) in [5.74, 6) is 0.0351. The van der Waals surface area contributed by atoms with Crippen LogP contribution < -0.4 is 5.32 Å². The van der Waals surface area contributed by atoms with Crippen molar-refractivity contribution in [1.29, 1.82) is 0 Å². The lowest BCUT2D eigenvalue weighted by Crippen LogP contribution is -2.45. The zero-order chi connectivity index (χ0) is 16.2.